The van der Waals surface area contributed by atoms with Crippen LogP contribution in [0.3, 0.4) is 0 Å². The summed E-state index contributed by atoms with van der Waals surface area (Å²) in [7, 11) is -3.43. The summed E-state index contributed by atoms with van der Waals surface area (Å²) in [5.74, 6) is 0.0760. The number of benzene rings is 1. The highest BCUT2D eigenvalue weighted by Gasteiger charge is 2.31. The largest absolute Gasteiger partial charge is 0.340 e. The van der Waals surface area contributed by atoms with Crippen molar-refractivity contribution in [3.8, 4) is 0 Å². The van der Waals surface area contributed by atoms with Crippen molar-refractivity contribution >= 4 is 27.5 Å². The van der Waals surface area contributed by atoms with Gasteiger partial charge < -0.3 is 4.90 Å². The molecule has 0 bridgehead atoms. The fourth-order valence-electron chi connectivity index (χ4n) is 2.99. The lowest BCUT2D eigenvalue weighted by Crippen LogP contribution is -2.52. The van der Waals surface area contributed by atoms with E-state index in [4.69, 9.17) is 11.6 Å². The smallest absolute Gasteiger partial charge is 0.225 e. The molecule has 0 radical (unpaired) electrons. The molecule has 5 nitrogen and oxygen atoms in total. The van der Waals surface area contributed by atoms with Gasteiger partial charge in [0.15, 0.2) is 0 Å². The number of amides is 1. The summed E-state index contributed by atoms with van der Waals surface area (Å²) in [6, 6.07) is 6.98. The maximum atomic E-state index is 12.6. The Morgan fingerprint density at radius 2 is 1.71 bits per heavy atom. The molecule has 1 aromatic carbocycles. The molecule has 1 aliphatic heterocycles. The van der Waals surface area contributed by atoms with Crippen molar-refractivity contribution < 1.29 is 13.2 Å². The van der Waals surface area contributed by atoms with Gasteiger partial charge in [-0.2, -0.15) is 4.31 Å². The van der Waals surface area contributed by atoms with E-state index < -0.39 is 10.0 Å². The lowest BCUT2D eigenvalue weighted by Gasteiger charge is -2.35. The minimum atomic E-state index is -3.43. The molecule has 0 unspecified atom stereocenters. The van der Waals surface area contributed by atoms with Crippen molar-refractivity contribution in [2.75, 3.05) is 26.2 Å². The number of piperazine rings is 1. The predicted molar refractivity (Wildman–Crippen MR) is 96.3 cm³/mol. The van der Waals surface area contributed by atoms with Crippen molar-refractivity contribution in [2.24, 2.45) is 5.92 Å². The Kier molecular flexibility index (Phi) is 6.66. The first-order valence-electron chi connectivity index (χ1n) is 8.39. The number of nitrogens with zero attached hydrogens (tertiary/aromatic N) is 2. The first kappa shape index (κ1) is 19.2. The van der Waals surface area contributed by atoms with Crippen LogP contribution in [0.1, 0.15) is 32.3 Å². The molecule has 7 heteroatoms. The number of sulfonamides is 1. The Labute approximate surface area is 149 Å². The summed E-state index contributed by atoms with van der Waals surface area (Å²) in [5.41, 5.74) is 0.606. The average molecular weight is 373 g/mol. The zero-order valence-corrected chi connectivity index (χ0v) is 15.8. The number of rotatable bonds is 6. The monoisotopic (exact) mass is 372 g/mol. The van der Waals surface area contributed by atoms with Crippen LogP contribution in [0.5, 0.6) is 0 Å². The van der Waals surface area contributed by atoms with Crippen LogP contribution in [-0.4, -0.2) is 49.7 Å². The van der Waals surface area contributed by atoms with Gasteiger partial charge in [-0.15, -0.1) is 0 Å². The van der Waals surface area contributed by atoms with Gasteiger partial charge in [-0.25, -0.2) is 8.42 Å². The second-order valence-corrected chi connectivity index (χ2v) is 8.46. The third-order valence-electron chi connectivity index (χ3n) is 4.57. The topological polar surface area (TPSA) is 57.7 Å². The lowest BCUT2D eigenvalue weighted by atomic mass is 10.0. The zero-order valence-electron chi connectivity index (χ0n) is 14.2. The number of hydrogen-bond donors (Lipinski definition) is 0. The van der Waals surface area contributed by atoms with Crippen LogP contribution in [0.15, 0.2) is 24.3 Å². The minimum absolute atomic E-state index is 0.0382. The van der Waals surface area contributed by atoms with Crippen LogP contribution < -0.4 is 0 Å². The maximum absolute atomic E-state index is 12.6. The van der Waals surface area contributed by atoms with Crippen LogP contribution in [0, 0.1) is 5.92 Å². The van der Waals surface area contributed by atoms with E-state index in [1.165, 1.54) is 4.31 Å². The Morgan fingerprint density at radius 3 is 2.25 bits per heavy atom. The van der Waals surface area contributed by atoms with Crippen molar-refractivity contribution in [1.82, 2.24) is 9.21 Å². The summed E-state index contributed by atoms with van der Waals surface area (Å²) < 4.78 is 26.7. The third kappa shape index (κ3) is 4.49. The van der Waals surface area contributed by atoms with E-state index in [1.54, 1.807) is 29.2 Å². The normalized spacial score (nSPS) is 16.6. The lowest BCUT2D eigenvalue weighted by molar-refractivity contribution is -0.136. The van der Waals surface area contributed by atoms with Crippen LogP contribution in [-0.2, 0) is 20.6 Å². The van der Waals surface area contributed by atoms with Crippen molar-refractivity contribution in [1.29, 1.82) is 0 Å². The van der Waals surface area contributed by atoms with Crippen LogP contribution in [0.2, 0.25) is 5.02 Å². The molecular weight excluding hydrogens is 348 g/mol. The highest BCUT2D eigenvalue weighted by molar-refractivity contribution is 7.88. The third-order valence-corrected chi connectivity index (χ3v) is 6.77. The number of halogens is 1. The number of carbonyl (C=O) groups excluding carboxylic acids is 1. The molecule has 0 saturated carbocycles. The van der Waals surface area contributed by atoms with Crippen LogP contribution in [0.4, 0.5) is 0 Å². The molecule has 1 saturated heterocycles. The Hall–Kier alpha value is -1.11. The van der Waals surface area contributed by atoms with E-state index in [0.29, 0.717) is 36.8 Å². The SMILES string of the molecule is CCC(CC)C(=O)N1CCN(S(=O)(=O)Cc2ccccc2Cl)CC1. The van der Waals surface area contributed by atoms with Gasteiger partial charge >= 0.3 is 0 Å². The van der Waals surface area contributed by atoms with Gasteiger partial charge in [-0.05, 0) is 24.5 Å². The van der Waals surface area contributed by atoms with Gasteiger partial charge in [0.2, 0.25) is 15.9 Å². The molecule has 134 valence electrons. The standard InChI is InChI=1S/C17H25ClN2O3S/c1-3-14(4-2)17(21)19-9-11-20(12-10-19)24(22,23)13-15-7-5-6-8-16(15)18/h5-8,14H,3-4,9-13H2,1-2H3. The summed E-state index contributed by atoms with van der Waals surface area (Å²) in [5, 5.41) is 0.462. The summed E-state index contributed by atoms with van der Waals surface area (Å²) in [6.45, 7) is 5.62. The van der Waals surface area contributed by atoms with Crippen LogP contribution in [0.25, 0.3) is 0 Å². The summed E-state index contributed by atoms with van der Waals surface area (Å²) in [4.78, 5) is 14.2. The van der Waals surface area contributed by atoms with Gasteiger partial charge in [0.1, 0.15) is 0 Å². The molecule has 1 heterocycles. The molecule has 0 N–H and O–H groups in total. The second kappa shape index (κ2) is 8.32. The predicted octanol–water partition coefficient (Wildman–Crippen LogP) is 2.75. The Balaban J connectivity index is 1.98. The first-order valence-corrected chi connectivity index (χ1v) is 10.4. The molecule has 1 amide bonds. The summed E-state index contributed by atoms with van der Waals surface area (Å²) >= 11 is 6.06. The zero-order chi connectivity index (χ0) is 17.7. The van der Waals surface area contributed by atoms with Gasteiger partial charge in [-0.3, -0.25) is 4.79 Å². The highest BCUT2D eigenvalue weighted by atomic mass is 35.5. The number of hydrogen-bond acceptors (Lipinski definition) is 3. The van der Waals surface area contributed by atoms with E-state index in [0.717, 1.165) is 12.8 Å². The maximum Gasteiger partial charge on any atom is 0.225 e. The van der Waals surface area contributed by atoms with Gasteiger partial charge in [-0.1, -0.05) is 43.6 Å². The summed E-state index contributed by atoms with van der Waals surface area (Å²) in [6.07, 6.45) is 1.64. The minimum Gasteiger partial charge on any atom is -0.340 e. The molecule has 2 rings (SSSR count). The van der Waals surface area contributed by atoms with Crippen LogP contribution >= 0.6 is 11.6 Å². The molecule has 1 aliphatic rings. The fourth-order valence-corrected chi connectivity index (χ4v) is 4.81. The second-order valence-electron chi connectivity index (χ2n) is 6.09. The van der Waals surface area contributed by atoms with Gasteiger partial charge in [0.25, 0.3) is 0 Å². The van der Waals surface area contributed by atoms with E-state index in [2.05, 4.69) is 0 Å². The highest BCUT2D eigenvalue weighted by Crippen LogP contribution is 2.21. The van der Waals surface area contributed by atoms with Crippen molar-refractivity contribution in [3.63, 3.8) is 0 Å². The fraction of sp³-hybridized carbons (Fsp3) is 0.588. The molecule has 0 aliphatic carbocycles. The molecule has 1 aromatic rings. The first-order chi connectivity index (χ1) is 11.4. The molecular formula is C17H25ClN2O3S. The molecule has 0 spiro atoms. The van der Waals surface area contributed by atoms with E-state index in [-0.39, 0.29) is 17.6 Å². The Bertz CT molecular complexity index is 666. The molecule has 0 aromatic heterocycles. The quantitative estimate of drug-likeness (QED) is 0.771. The van der Waals surface area contributed by atoms with E-state index >= 15 is 0 Å². The average Bonchev–Trinajstić information content (AvgIpc) is 2.58. The van der Waals surface area contributed by atoms with Crippen molar-refractivity contribution in [3.05, 3.63) is 34.9 Å². The Morgan fingerprint density at radius 1 is 1.12 bits per heavy atom. The van der Waals surface area contributed by atoms with E-state index in [1.807, 2.05) is 13.8 Å². The van der Waals surface area contributed by atoms with Gasteiger partial charge in [0, 0.05) is 37.1 Å². The van der Waals surface area contributed by atoms with E-state index in [9.17, 15) is 13.2 Å². The number of carbonyl (C=O) groups is 1. The van der Waals surface area contributed by atoms with Crippen molar-refractivity contribution in [2.45, 2.75) is 32.4 Å². The molecule has 24 heavy (non-hydrogen) atoms. The van der Waals surface area contributed by atoms with Gasteiger partial charge in [0.05, 0.1) is 5.75 Å². The molecule has 0 atom stereocenters. The molecule has 1 fully saturated rings.